The molecule has 0 aromatic carbocycles. The van der Waals surface area contributed by atoms with E-state index >= 15 is 0 Å². The van der Waals surface area contributed by atoms with Crippen LogP contribution in [0.5, 0.6) is 0 Å². The van der Waals surface area contributed by atoms with Crippen LogP contribution in [0.4, 0.5) is 5.69 Å². The van der Waals surface area contributed by atoms with E-state index in [4.69, 9.17) is 4.74 Å². The summed E-state index contributed by atoms with van der Waals surface area (Å²) in [5, 5.41) is 41.0. The van der Waals surface area contributed by atoms with Gasteiger partial charge < -0.3 is 24.6 Å². The van der Waals surface area contributed by atoms with Gasteiger partial charge in [-0.15, -0.1) is 0 Å². The maximum Gasteiger partial charge on any atom is 0.281 e. The van der Waals surface area contributed by atoms with Crippen molar-refractivity contribution in [1.82, 2.24) is 9.55 Å². The highest BCUT2D eigenvalue weighted by atomic mass is 16.6. The van der Waals surface area contributed by atoms with Crippen molar-refractivity contribution in [3.63, 3.8) is 0 Å². The van der Waals surface area contributed by atoms with Crippen molar-refractivity contribution in [1.29, 1.82) is 0 Å². The van der Waals surface area contributed by atoms with Crippen LogP contribution in [0.25, 0.3) is 11.0 Å². The van der Waals surface area contributed by atoms with Crippen molar-refractivity contribution < 1.29 is 25.0 Å². The predicted octanol–water partition coefficient (Wildman–Crippen LogP) is -0.0539. The van der Waals surface area contributed by atoms with E-state index in [-0.39, 0.29) is 11.3 Å². The summed E-state index contributed by atoms with van der Waals surface area (Å²) in [6.45, 7) is 0.918. The second-order valence-corrected chi connectivity index (χ2v) is 5.43. The molecule has 3 heterocycles. The highest BCUT2D eigenvalue weighted by molar-refractivity contribution is 5.86. The molecule has 0 amide bonds. The van der Waals surface area contributed by atoms with Crippen LogP contribution in [0.3, 0.4) is 0 Å². The minimum Gasteiger partial charge on any atom is -0.394 e. The highest BCUT2D eigenvalue weighted by Gasteiger charge is 2.53. The van der Waals surface area contributed by atoms with Gasteiger partial charge in [0, 0.05) is 18.5 Å². The van der Waals surface area contributed by atoms with Crippen LogP contribution < -0.4 is 0 Å². The quantitative estimate of drug-likeness (QED) is 0.535. The van der Waals surface area contributed by atoms with Crippen molar-refractivity contribution in [3.05, 3.63) is 34.6 Å². The molecule has 0 bridgehead atoms. The Kier molecular flexibility index (Phi) is 3.37. The lowest BCUT2D eigenvalue weighted by molar-refractivity contribution is -0.383. The molecule has 1 aliphatic rings. The largest absolute Gasteiger partial charge is 0.394 e. The van der Waals surface area contributed by atoms with E-state index in [9.17, 15) is 25.4 Å². The summed E-state index contributed by atoms with van der Waals surface area (Å²) in [5.74, 6) is 0. The number of pyridine rings is 1. The van der Waals surface area contributed by atoms with Crippen LogP contribution in [-0.2, 0) is 4.74 Å². The van der Waals surface area contributed by atoms with E-state index in [0.717, 1.165) is 0 Å². The fraction of sp³-hybridized carbons (Fsp3) is 0.462. The topological polar surface area (TPSA) is 131 Å². The molecular weight excluding hydrogens is 294 g/mol. The van der Waals surface area contributed by atoms with Gasteiger partial charge in [0.05, 0.1) is 16.9 Å². The number of aliphatic hydroxyl groups excluding tert-OH is 2. The first-order valence-corrected chi connectivity index (χ1v) is 6.64. The number of hydrogen-bond acceptors (Lipinski definition) is 7. The molecule has 2 aromatic rings. The standard InChI is InChI=1S/C13H15N3O6/c1-13(19)10(18)9(6-17)22-12(13)15-5-3-7-8(16(20)21)2-4-14-11(7)15/h2-5,9-10,12,17-19H,6H2,1H3/t9-,10-,12-,13+/m1/s1. The molecule has 22 heavy (non-hydrogen) atoms. The fourth-order valence-electron chi connectivity index (χ4n) is 2.78. The summed E-state index contributed by atoms with van der Waals surface area (Å²) in [6.07, 6.45) is -0.474. The average molecular weight is 309 g/mol. The summed E-state index contributed by atoms with van der Waals surface area (Å²) in [5.41, 5.74) is -1.53. The van der Waals surface area contributed by atoms with Crippen molar-refractivity contribution in [2.45, 2.75) is 31.0 Å². The molecule has 118 valence electrons. The van der Waals surface area contributed by atoms with Gasteiger partial charge in [-0.2, -0.15) is 0 Å². The van der Waals surface area contributed by atoms with Crippen molar-refractivity contribution in [2.75, 3.05) is 6.61 Å². The van der Waals surface area contributed by atoms with E-state index < -0.39 is 35.6 Å². The number of aliphatic hydroxyl groups is 3. The van der Waals surface area contributed by atoms with E-state index in [1.54, 1.807) is 0 Å². The number of fused-ring (bicyclic) bond motifs is 1. The van der Waals surface area contributed by atoms with Gasteiger partial charge in [-0.3, -0.25) is 10.1 Å². The molecule has 9 heteroatoms. The first-order chi connectivity index (χ1) is 10.4. The molecular formula is C13H15N3O6. The first kappa shape index (κ1) is 14.9. The summed E-state index contributed by atoms with van der Waals surface area (Å²) >= 11 is 0. The molecule has 0 aliphatic carbocycles. The Labute approximate surface area is 124 Å². The second kappa shape index (κ2) is 4.99. The van der Waals surface area contributed by atoms with Crippen molar-refractivity contribution in [2.24, 2.45) is 0 Å². The molecule has 0 radical (unpaired) electrons. The van der Waals surface area contributed by atoms with Gasteiger partial charge in [-0.25, -0.2) is 4.98 Å². The third-order valence-corrected chi connectivity index (χ3v) is 3.98. The maximum atomic E-state index is 11.0. The molecule has 1 saturated heterocycles. The smallest absolute Gasteiger partial charge is 0.281 e. The fourth-order valence-corrected chi connectivity index (χ4v) is 2.78. The molecule has 9 nitrogen and oxygen atoms in total. The Balaban J connectivity index is 2.12. The van der Waals surface area contributed by atoms with Crippen LogP contribution in [0.1, 0.15) is 13.2 Å². The molecule has 3 N–H and O–H groups in total. The van der Waals surface area contributed by atoms with E-state index in [0.29, 0.717) is 5.39 Å². The van der Waals surface area contributed by atoms with E-state index in [2.05, 4.69) is 4.98 Å². The van der Waals surface area contributed by atoms with Crippen molar-refractivity contribution in [3.8, 4) is 0 Å². The van der Waals surface area contributed by atoms with Crippen LogP contribution in [0, 0.1) is 10.1 Å². The number of nitro groups is 1. The SMILES string of the molecule is C[C@]1(O)[C@H](O)[C@@H](CO)O[C@H]1n1ccc2c([N+](=O)[O-])ccnc21. The highest BCUT2D eigenvalue weighted by Crippen LogP contribution is 2.40. The van der Waals surface area contributed by atoms with E-state index in [1.165, 1.54) is 36.0 Å². The van der Waals surface area contributed by atoms with Gasteiger partial charge in [-0.1, -0.05) is 0 Å². The van der Waals surface area contributed by atoms with Gasteiger partial charge in [0.25, 0.3) is 5.69 Å². The zero-order chi connectivity index (χ0) is 16.1. The number of aromatic nitrogens is 2. The molecule has 3 rings (SSSR count). The molecule has 1 fully saturated rings. The Bertz CT molecular complexity index is 728. The summed E-state index contributed by atoms with van der Waals surface area (Å²) in [7, 11) is 0. The monoisotopic (exact) mass is 309 g/mol. The van der Waals surface area contributed by atoms with Gasteiger partial charge in [-0.05, 0) is 13.0 Å². The van der Waals surface area contributed by atoms with Crippen LogP contribution >= 0.6 is 0 Å². The van der Waals surface area contributed by atoms with Gasteiger partial charge in [0.1, 0.15) is 23.5 Å². The average Bonchev–Trinajstić information content (AvgIpc) is 2.99. The minimum atomic E-state index is -1.67. The number of nitrogens with zero attached hydrogens (tertiary/aromatic N) is 3. The lowest BCUT2D eigenvalue weighted by atomic mass is 9.96. The number of hydrogen-bond donors (Lipinski definition) is 3. The number of ether oxygens (including phenoxy) is 1. The van der Waals surface area contributed by atoms with Gasteiger partial charge in [0.15, 0.2) is 6.23 Å². The molecule has 1 aliphatic heterocycles. The van der Waals surface area contributed by atoms with Crippen LogP contribution in [0.15, 0.2) is 24.5 Å². The summed E-state index contributed by atoms with van der Waals surface area (Å²) < 4.78 is 6.91. The van der Waals surface area contributed by atoms with Crippen LogP contribution in [0.2, 0.25) is 0 Å². The molecule has 0 unspecified atom stereocenters. The molecule has 4 atom stereocenters. The summed E-state index contributed by atoms with van der Waals surface area (Å²) in [6, 6.07) is 2.78. The zero-order valence-electron chi connectivity index (χ0n) is 11.7. The first-order valence-electron chi connectivity index (χ1n) is 6.64. The Morgan fingerprint density at radius 2 is 2.27 bits per heavy atom. The van der Waals surface area contributed by atoms with Gasteiger partial charge >= 0.3 is 0 Å². The maximum absolute atomic E-state index is 11.0. The Hall–Kier alpha value is -2.07. The Morgan fingerprint density at radius 3 is 2.86 bits per heavy atom. The number of rotatable bonds is 3. The zero-order valence-corrected chi connectivity index (χ0v) is 11.7. The summed E-state index contributed by atoms with van der Waals surface area (Å²) in [4.78, 5) is 14.6. The lowest BCUT2D eigenvalue weighted by Gasteiger charge is -2.27. The second-order valence-electron chi connectivity index (χ2n) is 5.43. The van der Waals surface area contributed by atoms with E-state index in [1.807, 2.05) is 0 Å². The normalized spacial score (nSPS) is 31.7. The minimum absolute atomic E-state index is 0.111. The molecule has 0 spiro atoms. The van der Waals surface area contributed by atoms with Crippen LogP contribution in [-0.4, -0.2) is 54.2 Å². The Morgan fingerprint density at radius 1 is 1.55 bits per heavy atom. The van der Waals surface area contributed by atoms with Gasteiger partial charge in [0.2, 0.25) is 0 Å². The van der Waals surface area contributed by atoms with Crippen molar-refractivity contribution >= 4 is 16.7 Å². The lowest BCUT2D eigenvalue weighted by Crippen LogP contribution is -2.44. The molecule has 2 aromatic heterocycles. The third kappa shape index (κ3) is 1.98. The third-order valence-electron chi connectivity index (χ3n) is 3.98. The predicted molar refractivity (Wildman–Crippen MR) is 74.0 cm³/mol. The molecule has 0 saturated carbocycles.